The van der Waals surface area contributed by atoms with Crippen molar-refractivity contribution in [1.29, 1.82) is 0 Å². The maximum Gasteiger partial charge on any atom is 0.0352 e. The van der Waals surface area contributed by atoms with Crippen molar-refractivity contribution >= 4 is 0 Å². The highest BCUT2D eigenvalue weighted by atomic mass is 15.3. The van der Waals surface area contributed by atoms with Crippen LogP contribution in [-0.4, -0.2) is 60.1 Å². The van der Waals surface area contributed by atoms with E-state index < -0.39 is 0 Å². The third kappa shape index (κ3) is 4.27. The normalized spacial score (nSPS) is 23.7. The van der Waals surface area contributed by atoms with E-state index in [9.17, 15) is 0 Å². The summed E-state index contributed by atoms with van der Waals surface area (Å²) >= 11 is 0. The standard InChI is InChI=1S/C15H26N4/c1-15(2)12-19(10-13-6-5-7-16-8-13)14(9-17-15)11-18(3)4/h5-8,14,17H,9-12H2,1-4H3. The molecule has 1 aliphatic rings. The molecule has 106 valence electrons. The number of nitrogens with one attached hydrogen (secondary N) is 1. The van der Waals surface area contributed by atoms with Crippen molar-refractivity contribution in [2.75, 3.05) is 33.7 Å². The molecule has 0 bridgehead atoms. The van der Waals surface area contributed by atoms with Crippen LogP contribution in [-0.2, 0) is 6.54 Å². The summed E-state index contributed by atoms with van der Waals surface area (Å²) in [6, 6.07) is 4.74. The molecule has 1 aromatic rings. The second-order valence-corrected chi connectivity index (χ2v) is 6.45. The molecule has 4 heteroatoms. The smallest absolute Gasteiger partial charge is 0.0352 e. The molecule has 1 N–H and O–H groups in total. The minimum Gasteiger partial charge on any atom is -0.309 e. The zero-order valence-electron chi connectivity index (χ0n) is 12.6. The third-order valence-corrected chi connectivity index (χ3v) is 3.62. The van der Waals surface area contributed by atoms with Crippen LogP contribution in [0.25, 0.3) is 0 Å². The van der Waals surface area contributed by atoms with Gasteiger partial charge in [0.05, 0.1) is 0 Å². The summed E-state index contributed by atoms with van der Waals surface area (Å²) in [4.78, 5) is 9.06. The lowest BCUT2D eigenvalue weighted by molar-refractivity contribution is 0.0721. The Kier molecular flexibility index (Phi) is 4.55. The van der Waals surface area contributed by atoms with E-state index in [-0.39, 0.29) is 5.54 Å². The van der Waals surface area contributed by atoms with Crippen LogP contribution in [0.5, 0.6) is 0 Å². The summed E-state index contributed by atoms with van der Waals surface area (Å²) in [5.41, 5.74) is 1.48. The lowest BCUT2D eigenvalue weighted by Gasteiger charge is -2.45. The van der Waals surface area contributed by atoms with Gasteiger partial charge in [0, 0.05) is 50.2 Å². The second kappa shape index (κ2) is 5.99. The van der Waals surface area contributed by atoms with E-state index in [0.29, 0.717) is 6.04 Å². The molecular weight excluding hydrogens is 236 g/mol. The fourth-order valence-corrected chi connectivity index (χ4v) is 2.73. The highest BCUT2D eigenvalue weighted by Gasteiger charge is 2.32. The first kappa shape index (κ1) is 14.4. The van der Waals surface area contributed by atoms with Gasteiger partial charge in [0.15, 0.2) is 0 Å². The van der Waals surface area contributed by atoms with E-state index in [1.807, 2.05) is 18.5 Å². The van der Waals surface area contributed by atoms with Crippen molar-refractivity contribution in [2.45, 2.75) is 32.0 Å². The van der Waals surface area contributed by atoms with Crippen molar-refractivity contribution < 1.29 is 0 Å². The van der Waals surface area contributed by atoms with Crippen LogP contribution in [0.15, 0.2) is 24.5 Å². The van der Waals surface area contributed by atoms with E-state index in [0.717, 1.165) is 26.2 Å². The van der Waals surface area contributed by atoms with Gasteiger partial charge in [-0.2, -0.15) is 0 Å². The van der Waals surface area contributed by atoms with Gasteiger partial charge in [-0.15, -0.1) is 0 Å². The van der Waals surface area contributed by atoms with Crippen LogP contribution in [0, 0.1) is 0 Å². The molecule has 0 aromatic carbocycles. The van der Waals surface area contributed by atoms with Gasteiger partial charge in [0.25, 0.3) is 0 Å². The zero-order valence-corrected chi connectivity index (χ0v) is 12.6. The second-order valence-electron chi connectivity index (χ2n) is 6.45. The van der Waals surface area contributed by atoms with Crippen LogP contribution in [0.2, 0.25) is 0 Å². The molecule has 1 atom stereocenters. The van der Waals surface area contributed by atoms with Gasteiger partial charge >= 0.3 is 0 Å². The Morgan fingerprint density at radius 3 is 2.89 bits per heavy atom. The zero-order chi connectivity index (χ0) is 13.9. The van der Waals surface area contributed by atoms with E-state index in [2.05, 4.69) is 54.1 Å². The largest absolute Gasteiger partial charge is 0.309 e. The summed E-state index contributed by atoms with van der Waals surface area (Å²) in [7, 11) is 4.28. The van der Waals surface area contributed by atoms with Crippen molar-refractivity contribution in [1.82, 2.24) is 20.1 Å². The number of pyridine rings is 1. The molecule has 4 nitrogen and oxygen atoms in total. The van der Waals surface area contributed by atoms with Crippen LogP contribution >= 0.6 is 0 Å². The maximum atomic E-state index is 4.22. The van der Waals surface area contributed by atoms with E-state index >= 15 is 0 Å². The Hall–Kier alpha value is -0.970. The lowest BCUT2D eigenvalue weighted by Crippen LogP contribution is -2.63. The summed E-state index contributed by atoms with van der Waals surface area (Å²) in [6.07, 6.45) is 3.81. The first-order chi connectivity index (χ1) is 8.96. The molecule has 1 unspecified atom stereocenters. The molecule has 2 heterocycles. The van der Waals surface area contributed by atoms with Crippen LogP contribution in [0.4, 0.5) is 0 Å². The van der Waals surface area contributed by atoms with Crippen LogP contribution in [0.3, 0.4) is 0 Å². The number of likely N-dealkylation sites (N-methyl/N-ethyl adjacent to an activating group) is 1. The predicted molar refractivity (Wildman–Crippen MR) is 79.1 cm³/mol. The van der Waals surface area contributed by atoms with Gasteiger partial charge in [-0.05, 0) is 39.6 Å². The first-order valence-electron chi connectivity index (χ1n) is 6.99. The van der Waals surface area contributed by atoms with Gasteiger partial charge in [0.2, 0.25) is 0 Å². The summed E-state index contributed by atoms with van der Waals surface area (Å²) in [5.74, 6) is 0. The van der Waals surface area contributed by atoms with Gasteiger partial charge in [-0.1, -0.05) is 6.07 Å². The number of hydrogen-bond donors (Lipinski definition) is 1. The van der Waals surface area contributed by atoms with Crippen molar-refractivity contribution in [2.24, 2.45) is 0 Å². The fraction of sp³-hybridized carbons (Fsp3) is 0.667. The third-order valence-electron chi connectivity index (χ3n) is 3.62. The molecule has 0 amide bonds. The Bertz CT molecular complexity index is 388. The Morgan fingerprint density at radius 2 is 2.26 bits per heavy atom. The highest BCUT2D eigenvalue weighted by molar-refractivity contribution is 5.09. The molecule has 1 aliphatic heterocycles. The van der Waals surface area contributed by atoms with Gasteiger partial charge < -0.3 is 10.2 Å². The summed E-state index contributed by atoms with van der Waals surface area (Å²) < 4.78 is 0. The molecule has 0 saturated carbocycles. The molecule has 0 radical (unpaired) electrons. The number of rotatable bonds is 4. The first-order valence-corrected chi connectivity index (χ1v) is 6.99. The van der Waals surface area contributed by atoms with Crippen molar-refractivity contribution in [3.63, 3.8) is 0 Å². The quantitative estimate of drug-likeness (QED) is 0.883. The number of piperazine rings is 1. The highest BCUT2D eigenvalue weighted by Crippen LogP contribution is 2.18. The van der Waals surface area contributed by atoms with Gasteiger partial charge in [-0.3, -0.25) is 9.88 Å². The average Bonchev–Trinajstić information content (AvgIpc) is 2.33. The average molecular weight is 262 g/mol. The molecule has 1 aromatic heterocycles. The number of hydrogen-bond acceptors (Lipinski definition) is 4. The topological polar surface area (TPSA) is 31.4 Å². The summed E-state index contributed by atoms with van der Waals surface area (Å²) in [6.45, 7) is 8.73. The van der Waals surface area contributed by atoms with E-state index in [1.165, 1.54) is 5.56 Å². The molecule has 2 rings (SSSR count). The summed E-state index contributed by atoms with van der Waals surface area (Å²) in [5, 5.41) is 3.65. The molecule has 1 fully saturated rings. The van der Waals surface area contributed by atoms with Gasteiger partial charge in [0.1, 0.15) is 0 Å². The molecular formula is C15H26N4. The lowest BCUT2D eigenvalue weighted by atomic mass is 9.98. The molecule has 0 spiro atoms. The van der Waals surface area contributed by atoms with Crippen molar-refractivity contribution in [3.8, 4) is 0 Å². The monoisotopic (exact) mass is 262 g/mol. The Morgan fingerprint density at radius 1 is 1.47 bits per heavy atom. The maximum absolute atomic E-state index is 4.22. The minimum absolute atomic E-state index is 0.186. The van der Waals surface area contributed by atoms with Crippen LogP contribution in [0.1, 0.15) is 19.4 Å². The molecule has 19 heavy (non-hydrogen) atoms. The van der Waals surface area contributed by atoms with E-state index in [4.69, 9.17) is 0 Å². The van der Waals surface area contributed by atoms with E-state index in [1.54, 1.807) is 0 Å². The number of nitrogens with zero attached hydrogens (tertiary/aromatic N) is 3. The predicted octanol–water partition coefficient (Wildman–Crippen LogP) is 1.20. The SMILES string of the molecule is CN(C)CC1CNC(C)(C)CN1Cc1cccnc1. The Labute approximate surface area is 116 Å². The van der Waals surface area contributed by atoms with Crippen molar-refractivity contribution in [3.05, 3.63) is 30.1 Å². The molecule has 0 aliphatic carbocycles. The minimum atomic E-state index is 0.186. The molecule has 1 saturated heterocycles. The van der Waals surface area contributed by atoms with Crippen LogP contribution < -0.4 is 5.32 Å². The fourth-order valence-electron chi connectivity index (χ4n) is 2.73. The number of aromatic nitrogens is 1. The van der Waals surface area contributed by atoms with Gasteiger partial charge in [-0.25, -0.2) is 0 Å². The Balaban J connectivity index is 2.07.